The molecule has 0 saturated heterocycles. The van der Waals surface area contributed by atoms with Crippen LogP contribution >= 0.6 is 0 Å². The molecular weight excluding hydrogens is 363 g/mol. The van der Waals surface area contributed by atoms with Crippen molar-refractivity contribution < 1.29 is 23.1 Å². The number of alkyl halides is 3. The van der Waals surface area contributed by atoms with E-state index in [1.807, 2.05) is 22.7 Å². The second kappa shape index (κ2) is 6.71. The molecule has 0 aliphatic carbocycles. The summed E-state index contributed by atoms with van der Waals surface area (Å²) in [6.07, 6.45) is -1.47. The summed E-state index contributed by atoms with van der Waals surface area (Å²) in [5, 5.41) is 15.7. The second-order valence-electron chi connectivity index (χ2n) is 5.74. The van der Waals surface area contributed by atoms with Crippen molar-refractivity contribution in [2.24, 2.45) is 0 Å². The van der Waals surface area contributed by atoms with E-state index in [1.165, 1.54) is 11.1 Å². The lowest BCUT2D eigenvalue weighted by Gasteiger charge is -2.07. The summed E-state index contributed by atoms with van der Waals surface area (Å²) in [5.74, 6) is -1.90. The standard InChI is InChI=1S/C15H13N5.C2HF3O2/c1-9-4-3-5-11(10(9)2)15-19-18-13-8-17-14-12(20(13)15)6-7-16-14;3-2(4,5)1(6)7/h3-8,16H,1-2H3;(H,6,7). The molecule has 0 atom stereocenters. The molecule has 10 heteroatoms. The molecule has 0 radical (unpaired) electrons. The number of fused-ring (bicyclic) bond motifs is 3. The number of carboxylic acid groups (broad SMARTS) is 1. The van der Waals surface area contributed by atoms with Crippen molar-refractivity contribution in [3.05, 3.63) is 47.8 Å². The van der Waals surface area contributed by atoms with Gasteiger partial charge in [-0.15, -0.1) is 10.2 Å². The van der Waals surface area contributed by atoms with Gasteiger partial charge in [-0.25, -0.2) is 9.78 Å². The number of halogens is 3. The van der Waals surface area contributed by atoms with Crippen molar-refractivity contribution in [3.63, 3.8) is 0 Å². The third-order valence-electron chi connectivity index (χ3n) is 4.03. The summed E-state index contributed by atoms with van der Waals surface area (Å²) >= 11 is 0. The molecule has 140 valence electrons. The van der Waals surface area contributed by atoms with Crippen LogP contribution in [0.4, 0.5) is 13.2 Å². The highest BCUT2D eigenvalue weighted by Gasteiger charge is 2.38. The number of nitrogens with zero attached hydrogens (tertiary/aromatic N) is 4. The molecule has 1 aromatic carbocycles. The Bertz CT molecular complexity index is 1130. The van der Waals surface area contributed by atoms with E-state index in [0.29, 0.717) is 0 Å². The zero-order valence-electron chi connectivity index (χ0n) is 14.2. The second-order valence-corrected chi connectivity index (χ2v) is 5.74. The van der Waals surface area contributed by atoms with Crippen molar-refractivity contribution in [3.8, 4) is 11.4 Å². The lowest BCUT2D eigenvalue weighted by molar-refractivity contribution is -0.192. The molecule has 0 unspecified atom stereocenters. The maximum atomic E-state index is 10.6. The van der Waals surface area contributed by atoms with E-state index in [1.54, 1.807) is 6.20 Å². The number of carbonyl (C=O) groups is 1. The number of H-pyrrole nitrogens is 1. The van der Waals surface area contributed by atoms with E-state index in [-0.39, 0.29) is 0 Å². The van der Waals surface area contributed by atoms with Crippen LogP contribution in [0.1, 0.15) is 11.1 Å². The number of hydrogen-bond acceptors (Lipinski definition) is 4. The first-order valence-corrected chi connectivity index (χ1v) is 7.74. The van der Waals surface area contributed by atoms with E-state index >= 15 is 0 Å². The number of aromatic nitrogens is 5. The quantitative estimate of drug-likeness (QED) is 0.529. The van der Waals surface area contributed by atoms with Crippen LogP contribution in [0.5, 0.6) is 0 Å². The monoisotopic (exact) mass is 377 g/mol. The van der Waals surface area contributed by atoms with E-state index in [9.17, 15) is 13.2 Å². The molecule has 4 aromatic rings. The third kappa shape index (κ3) is 3.46. The molecule has 4 rings (SSSR count). The van der Waals surface area contributed by atoms with Gasteiger partial charge in [-0.05, 0) is 31.0 Å². The number of aliphatic carboxylic acids is 1. The minimum Gasteiger partial charge on any atom is -0.475 e. The van der Waals surface area contributed by atoms with Crippen LogP contribution in [0.15, 0.2) is 36.7 Å². The van der Waals surface area contributed by atoms with Crippen molar-refractivity contribution in [1.29, 1.82) is 0 Å². The van der Waals surface area contributed by atoms with Crippen molar-refractivity contribution in [2.75, 3.05) is 0 Å². The number of benzene rings is 1. The van der Waals surface area contributed by atoms with Gasteiger partial charge in [0.2, 0.25) is 0 Å². The summed E-state index contributed by atoms with van der Waals surface area (Å²) in [5.41, 5.74) is 6.16. The van der Waals surface area contributed by atoms with Gasteiger partial charge in [0.25, 0.3) is 0 Å². The lowest BCUT2D eigenvalue weighted by Crippen LogP contribution is -2.21. The van der Waals surface area contributed by atoms with Crippen LogP contribution in [-0.4, -0.2) is 41.8 Å². The first kappa shape index (κ1) is 18.4. The van der Waals surface area contributed by atoms with Gasteiger partial charge in [-0.2, -0.15) is 13.2 Å². The molecule has 0 aliphatic heterocycles. The Kier molecular flexibility index (Phi) is 4.56. The highest BCUT2D eigenvalue weighted by molar-refractivity contribution is 5.78. The van der Waals surface area contributed by atoms with Crippen LogP contribution in [0.25, 0.3) is 28.2 Å². The average molecular weight is 377 g/mol. The largest absolute Gasteiger partial charge is 0.490 e. The smallest absolute Gasteiger partial charge is 0.475 e. The van der Waals surface area contributed by atoms with Gasteiger partial charge in [0.05, 0.1) is 11.7 Å². The predicted molar refractivity (Wildman–Crippen MR) is 91.2 cm³/mol. The van der Waals surface area contributed by atoms with Crippen molar-refractivity contribution in [1.82, 2.24) is 24.6 Å². The van der Waals surface area contributed by atoms with Gasteiger partial charge in [-0.3, -0.25) is 4.40 Å². The van der Waals surface area contributed by atoms with E-state index in [4.69, 9.17) is 9.90 Å². The third-order valence-corrected chi connectivity index (χ3v) is 4.03. The topological polar surface area (TPSA) is 96.2 Å². The summed E-state index contributed by atoms with van der Waals surface area (Å²) < 4.78 is 33.8. The molecule has 0 amide bonds. The summed E-state index contributed by atoms with van der Waals surface area (Å²) in [4.78, 5) is 16.4. The summed E-state index contributed by atoms with van der Waals surface area (Å²) in [6, 6.07) is 8.23. The van der Waals surface area contributed by atoms with Gasteiger partial charge >= 0.3 is 12.1 Å². The molecule has 3 heterocycles. The molecule has 0 bridgehead atoms. The number of carboxylic acids is 1. The molecular formula is C17H14F3N5O2. The van der Waals surface area contributed by atoms with Gasteiger partial charge in [0.15, 0.2) is 17.1 Å². The zero-order chi connectivity index (χ0) is 19.8. The number of aromatic amines is 1. The maximum Gasteiger partial charge on any atom is 0.490 e. The Hall–Kier alpha value is -3.43. The van der Waals surface area contributed by atoms with Crippen molar-refractivity contribution in [2.45, 2.75) is 20.0 Å². The van der Waals surface area contributed by atoms with Crippen LogP contribution < -0.4 is 0 Å². The van der Waals surface area contributed by atoms with E-state index < -0.39 is 12.1 Å². The van der Waals surface area contributed by atoms with Crippen molar-refractivity contribution >= 4 is 22.8 Å². The Labute approximate surface area is 150 Å². The molecule has 0 saturated carbocycles. The van der Waals surface area contributed by atoms with Crippen LogP contribution in [0, 0.1) is 13.8 Å². The Morgan fingerprint density at radius 1 is 1.19 bits per heavy atom. The predicted octanol–water partition coefficient (Wildman–Crippen LogP) is 3.52. The Morgan fingerprint density at radius 2 is 1.89 bits per heavy atom. The summed E-state index contributed by atoms with van der Waals surface area (Å²) in [6.45, 7) is 4.22. The SMILES string of the molecule is Cc1cccc(-c2nnc3cnc4[nH]ccc4n23)c1C.O=C(O)C(F)(F)F. The first-order chi connectivity index (χ1) is 12.7. The van der Waals surface area contributed by atoms with E-state index in [2.05, 4.69) is 46.1 Å². The van der Waals surface area contributed by atoms with Gasteiger partial charge < -0.3 is 10.1 Å². The van der Waals surface area contributed by atoms with Gasteiger partial charge in [-0.1, -0.05) is 18.2 Å². The Balaban J connectivity index is 0.000000260. The minimum atomic E-state index is -5.08. The fourth-order valence-corrected chi connectivity index (χ4v) is 2.54. The van der Waals surface area contributed by atoms with Gasteiger partial charge in [0, 0.05) is 11.8 Å². The molecule has 0 aliphatic rings. The molecule has 2 N–H and O–H groups in total. The Morgan fingerprint density at radius 3 is 2.56 bits per heavy atom. The molecule has 27 heavy (non-hydrogen) atoms. The maximum absolute atomic E-state index is 10.6. The number of rotatable bonds is 1. The molecule has 0 fully saturated rings. The first-order valence-electron chi connectivity index (χ1n) is 7.74. The van der Waals surface area contributed by atoms with E-state index in [0.717, 1.165) is 28.2 Å². The summed E-state index contributed by atoms with van der Waals surface area (Å²) in [7, 11) is 0. The highest BCUT2D eigenvalue weighted by Crippen LogP contribution is 2.26. The number of hydrogen-bond donors (Lipinski definition) is 2. The number of aryl methyl sites for hydroxylation is 1. The fraction of sp³-hybridized carbons (Fsp3) is 0.176. The van der Waals surface area contributed by atoms with Crippen LogP contribution in [0.3, 0.4) is 0 Å². The molecule has 7 nitrogen and oxygen atoms in total. The van der Waals surface area contributed by atoms with Crippen LogP contribution in [0.2, 0.25) is 0 Å². The lowest BCUT2D eigenvalue weighted by atomic mass is 10.0. The van der Waals surface area contributed by atoms with Gasteiger partial charge in [0.1, 0.15) is 0 Å². The fourth-order valence-electron chi connectivity index (χ4n) is 2.54. The molecule has 0 spiro atoms. The zero-order valence-corrected chi connectivity index (χ0v) is 14.2. The number of nitrogens with one attached hydrogen (secondary N) is 1. The molecule has 3 aromatic heterocycles. The normalized spacial score (nSPS) is 11.4. The minimum absolute atomic E-state index is 0.757. The average Bonchev–Trinajstić information content (AvgIpc) is 3.22. The highest BCUT2D eigenvalue weighted by atomic mass is 19.4. The van der Waals surface area contributed by atoms with Crippen LogP contribution in [-0.2, 0) is 4.79 Å².